The average Bonchev–Trinajstić information content (AvgIpc) is 1.80. The van der Waals surface area contributed by atoms with Crippen LogP contribution in [-0.4, -0.2) is 23.8 Å². The first kappa shape index (κ1) is 9.20. The fraction of sp³-hybridized carbons (Fsp3) is 0.800. The lowest BCUT2D eigenvalue weighted by molar-refractivity contribution is 0.200. The zero-order valence-corrected chi connectivity index (χ0v) is 7.06. The van der Waals surface area contributed by atoms with Crippen LogP contribution < -0.4 is 5.73 Å². The van der Waals surface area contributed by atoms with Crippen LogP contribution in [0, 0.1) is 0 Å². The summed E-state index contributed by atoms with van der Waals surface area (Å²) in [5.74, 6) is 0.961. The molecule has 2 N–H and O–H groups in total. The Bertz CT molecular complexity index is 87.0. The Morgan fingerprint density at radius 1 is 1.78 bits per heavy atom. The molecule has 0 aromatic heterocycles. The minimum Gasteiger partial charge on any atom is -0.385 e. The normalized spacial score (nSPS) is 9.44. The number of methoxy groups -OCH3 is 1. The van der Waals surface area contributed by atoms with E-state index in [0.29, 0.717) is 4.32 Å². The third-order valence-electron chi connectivity index (χ3n) is 0.737. The SMILES string of the molecule is COCCCSC(N)=S. The summed E-state index contributed by atoms with van der Waals surface area (Å²) in [5.41, 5.74) is 5.23. The number of thioether (sulfide) groups is 1. The highest BCUT2D eigenvalue weighted by Gasteiger charge is 1.89. The summed E-state index contributed by atoms with van der Waals surface area (Å²) in [6.45, 7) is 0.787. The lowest BCUT2D eigenvalue weighted by Crippen LogP contribution is -2.03. The molecule has 0 aromatic carbocycles. The molecule has 0 bridgehead atoms. The molecule has 9 heavy (non-hydrogen) atoms. The van der Waals surface area contributed by atoms with E-state index in [0.717, 1.165) is 18.8 Å². The highest BCUT2D eigenvalue weighted by atomic mass is 32.2. The van der Waals surface area contributed by atoms with E-state index in [1.54, 1.807) is 7.11 Å². The van der Waals surface area contributed by atoms with Gasteiger partial charge in [0.2, 0.25) is 0 Å². The molecule has 0 atom stereocenters. The second-order valence-electron chi connectivity index (χ2n) is 1.51. The number of hydrogen-bond acceptors (Lipinski definition) is 3. The molecule has 0 unspecified atom stereocenters. The first-order valence-electron chi connectivity index (χ1n) is 2.68. The Morgan fingerprint density at radius 3 is 2.89 bits per heavy atom. The predicted molar refractivity (Wildman–Crippen MR) is 45.7 cm³/mol. The van der Waals surface area contributed by atoms with Crippen molar-refractivity contribution in [2.45, 2.75) is 6.42 Å². The summed E-state index contributed by atoms with van der Waals surface area (Å²) >= 11 is 6.15. The summed E-state index contributed by atoms with van der Waals surface area (Å²) in [5, 5.41) is 0. The van der Waals surface area contributed by atoms with Gasteiger partial charge in [-0.3, -0.25) is 0 Å². The van der Waals surface area contributed by atoms with Crippen LogP contribution in [0.15, 0.2) is 0 Å². The molecule has 54 valence electrons. The Balaban J connectivity index is 2.83. The van der Waals surface area contributed by atoms with Crippen LogP contribution in [-0.2, 0) is 4.74 Å². The predicted octanol–water partition coefficient (Wildman–Crippen LogP) is 1.000. The summed E-state index contributed by atoms with van der Waals surface area (Å²) in [6.07, 6.45) is 1.01. The van der Waals surface area contributed by atoms with Gasteiger partial charge in [0.05, 0.1) is 0 Å². The van der Waals surface area contributed by atoms with Gasteiger partial charge in [-0.2, -0.15) is 0 Å². The molecule has 0 amide bonds. The Labute approximate surface area is 65.1 Å². The molecule has 0 saturated heterocycles. The molecule has 0 aromatic rings. The first-order chi connectivity index (χ1) is 4.27. The Kier molecular flexibility index (Phi) is 6.46. The summed E-state index contributed by atoms with van der Waals surface area (Å²) < 4.78 is 5.35. The van der Waals surface area contributed by atoms with Crippen LogP contribution in [0.2, 0.25) is 0 Å². The lowest BCUT2D eigenvalue weighted by Gasteiger charge is -1.96. The topological polar surface area (TPSA) is 35.2 Å². The third kappa shape index (κ3) is 8.20. The molecule has 0 aliphatic heterocycles. The number of hydrogen-bond donors (Lipinski definition) is 1. The minimum absolute atomic E-state index is 0.520. The van der Waals surface area contributed by atoms with Crippen molar-refractivity contribution in [3.8, 4) is 0 Å². The minimum atomic E-state index is 0.520. The second kappa shape index (κ2) is 6.32. The second-order valence-corrected chi connectivity index (χ2v) is 3.35. The van der Waals surface area contributed by atoms with Gasteiger partial charge in [-0.25, -0.2) is 0 Å². The summed E-state index contributed by atoms with van der Waals surface area (Å²) in [4.78, 5) is 0. The van der Waals surface area contributed by atoms with Crippen molar-refractivity contribution in [3.63, 3.8) is 0 Å². The standard InChI is InChI=1S/C5H11NOS2/c1-7-3-2-4-9-5(6)8/h2-4H2,1H3,(H2,6,8). The van der Waals surface area contributed by atoms with E-state index in [9.17, 15) is 0 Å². The largest absolute Gasteiger partial charge is 0.385 e. The molecule has 0 saturated carbocycles. The van der Waals surface area contributed by atoms with Gasteiger partial charge in [0, 0.05) is 19.5 Å². The smallest absolute Gasteiger partial charge is 0.131 e. The van der Waals surface area contributed by atoms with Crippen molar-refractivity contribution < 1.29 is 4.74 Å². The van der Waals surface area contributed by atoms with Crippen LogP contribution in [0.5, 0.6) is 0 Å². The fourth-order valence-electron chi connectivity index (χ4n) is 0.376. The fourth-order valence-corrected chi connectivity index (χ4v) is 1.09. The molecule has 0 rings (SSSR count). The van der Waals surface area contributed by atoms with E-state index in [-0.39, 0.29) is 0 Å². The maximum absolute atomic E-state index is 5.23. The van der Waals surface area contributed by atoms with Crippen molar-refractivity contribution in [2.75, 3.05) is 19.5 Å². The van der Waals surface area contributed by atoms with E-state index < -0.39 is 0 Å². The van der Waals surface area contributed by atoms with Gasteiger partial charge in [-0.15, -0.1) is 0 Å². The third-order valence-corrected chi connectivity index (χ3v) is 1.87. The highest BCUT2D eigenvalue weighted by molar-refractivity contribution is 8.22. The van der Waals surface area contributed by atoms with Gasteiger partial charge in [-0.1, -0.05) is 24.0 Å². The zero-order chi connectivity index (χ0) is 7.11. The average molecular weight is 165 g/mol. The number of rotatable bonds is 4. The molecular formula is C5H11NOS2. The van der Waals surface area contributed by atoms with E-state index in [2.05, 4.69) is 12.2 Å². The van der Waals surface area contributed by atoms with Gasteiger partial charge in [0.25, 0.3) is 0 Å². The van der Waals surface area contributed by atoms with Gasteiger partial charge < -0.3 is 10.5 Å². The number of thiocarbonyl (C=S) groups is 1. The van der Waals surface area contributed by atoms with Crippen molar-refractivity contribution in [1.29, 1.82) is 0 Å². The van der Waals surface area contributed by atoms with E-state index >= 15 is 0 Å². The molecule has 0 spiro atoms. The van der Waals surface area contributed by atoms with Crippen LogP contribution in [0.25, 0.3) is 0 Å². The number of ether oxygens (including phenoxy) is 1. The van der Waals surface area contributed by atoms with Gasteiger partial charge >= 0.3 is 0 Å². The molecule has 0 aliphatic carbocycles. The lowest BCUT2D eigenvalue weighted by atomic mass is 10.5. The highest BCUT2D eigenvalue weighted by Crippen LogP contribution is 2.01. The monoisotopic (exact) mass is 165 g/mol. The first-order valence-corrected chi connectivity index (χ1v) is 4.08. The maximum atomic E-state index is 5.23. The van der Waals surface area contributed by atoms with Crippen molar-refractivity contribution in [1.82, 2.24) is 0 Å². The molecule has 0 radical (unpaired) electrons. The molecule has 2 nitrogen and oxygen atoms in total. The van der Waals surface area contributed by atoms with Crippen LogP contribution in [0.3, 0.4) is 0 Å². The van der Waals surface area contributed by atoms with E-state index in [1.165, 1.54) is 11.8 Å². The van der Waals surface area contributed by atoms with E-state index in [1.807, 2.05) is 0 Å². The van der Waals surface area contributed by atoms with Crippen molar-refractivity contribution in [3.05, 3.63) is 0 Å². The summed E-state index contributed by atoms with van der Waals surface area (Å²) in [6, 6.07) is 0. The maximum Gasteiger partial charge on any atom is 0.131 e. The molecule has 0 fully saturated rings. The van der Waals surface area contributed by atoms with E-state index in [4.69, 9.17) is 10.5 Å². The Hall–Kier alpha value is 0.200. The van der Waals surface area contributed by atoms with Crippen molar-refractivity contribution >= 4 is 28.3 Å². The quantitative estimate of drug-likeness (QED) is 0.498. The van der Waals surface area contributed by atoms with Gasteiger partial charge in [0.1, 0.15) is 4.32 Å². The molecule has 0 heterocycles. The molecular weight excluding hydrogens is 154 g/mol. The van der Waals surface area contributed by atoms with Crippen LogP contribution in [0.4, 0.5) is 0 Å². The van der Waals surface area contributed by atoms with Gasteiger partial charge in [-0.05, 0) is 6.42 Å². The van der Waals surface area contributed by atoms with Crippen LogP contribution >= 0.6 is 24.0 Å². The molecule has 4 heteroatoms. The van der Waals surface area contributed by atoms with Gasteiger partial charge in [0.15, 0.2) is 0 Å². The van der Waals surface area contributed by atoms with Crippen molar-refractivity contribution in [2.24, 2.45) is 5.73 Å². The van der Waals surface area contributed by atoms with Crippen LogP contribution in [0.1, 0.15) is 6.42 Å². The number of nitrogens with two attached hydrogens (primary N) is 1. The summed E-state index contributed by atoms with van der Waals surface area (Å²) in [7, 11) is 1.69. The Morgan fingerprint density at radius 2 is 2.44 bits per heavy atom. The zero-order valence-electron chi connectivity index (χ0n) is 5.42. The molecule has 0 aliphatic rings.